The molecular formula is C32H27N3O9P-. The highest BCUT2D eigenvalue weighted by atomic mass is 31.2. The van der Waals surface area contributed by atoms with E-state index >= 15 is 0 Å². The number of benzene rings is 4. The Bertz CT molecular complexity index is 2200. The van der Waals surface area contributed by atoms with Gasteiger partial charge in [0.05, 0.1) is 19.8 Å². The van der Waals surface area contributed by atoms with E-state index in [9.17, 15) is 23.8 Å². The Balaban J connectivity index is 1.13. The molecular weight excluding hydrogens is 601 g/mol. The number of methoxy groups -OCH3 is 1. The smallest absolute Gasteiger partial charge is 0.330 e. The van der Waals surface area contributed by atoms with E-state index in [1.807, 2.05) is 42.5 Å². The number of fused-ring (bicyclic) bond motifs is 2. The predicted octanol–water partition coefficient (Wildman–Crippen LogP) is 2.10. The molecule has 0 aliphatic carbocycles. The first kappa shape index (κ1) is 29.4. The fraction of sp³-hybridized carbons (Fsp3) is 0.281. The van der Waals surface area contributed by atoms with Crippen LogP contribution >= 0.6 is 7.60 Å². The number of H-pyrrole nitrogens is 1. The lowest BCUT2D eigenvalue weighted by atomic mass is 9.92. The molecule has 45 heavy (non-hydrogen) atoms. The molecule has 7 rings (SSSR count). The van der Waals surface area contributed by atoms with Gasteiger partial charge in [-0.25, -0.2) is 4.79 Å². The number of nitrogens with zero attached hydrogens (tertiary/aromatic N) is 1. The number of hydrogen-bond acceptors (Lipinski definition) is 9. The largest absolute Gasteiger partial charge is 0.779 e. The average molecular weight is 629 g/mol. The highest BCUT2D eigenvalue weighted by molar-refractivity contribution is 7.50. The SMILES string of the molecule is COC[C@]12COC([C@H](n3cc(C#CCNC(=O)c4ccc5ccc6cccc7ccc4c5c67)c(=O)[nH]c3=O)O1)[C@@H]2OP(C)(=O)[O-]. The standard InChI is InChI=1S/C32H28N3O9P/c1-41-16-32-17-42-26(27(32)44-45(2,39)40)30(43-32)35-15-21(28(36)34-31(35)38)7-4-14-33-29(37)23-13-11-20-9-8-18-5-3-6-19-10-12-22(23)25(20)24(18)19/h3,5-6,8-13,15,26-27,30H,14,16-17H2,1-2H3,(H,33,37)(H,39,40)(H,34,36,38)/p-1/t26?,27-,30+,32+/m0/s1. The van der Waals surface area contributed by atoms with E-state index in [0.717, 1.165) is 43.5 Å². The number of aromatic amines is 1. The van der Waals surface area contributed by atoms with Crippen molar-refractivity contribution in [1.29, 1.82) is 0 Å². The van der Waals surface area contributed by atoms with Crippen molar-refractivity contribution in [1.82, 2.24) is 14.9 Å². The molecule has 2 aliphatic rings. The molecule has 2 fully saturated rings. The second kappa shape index (κ2) is 10.9. The lowest BCUT2D eigenvalue weighted by Crippen LogP contribution is -2.46. The normalized spacial score (nSPS) is 23.8. The van der Waals surface area contributed by atoms with Crippen LogP contribution in [0.5, 0.6) is 0 Å². The van der Waals surface area contributed by atoms with Gasteiger partial charge in [-0.2, -0.15) is 0 Å². The number of ether oxygens (including phenoxy) is 3. The number of aromatic nitrogens is 2. The molecule has 3 heterocycles. The van der Waals surface area contributed by atoms with Gasteiger partial charge in [0.25, 0.3) is 11.5 Å². The molecule has 13 heteroatoms. The summed E-state index contributed by atoms with van der Waals surface area (Å²) < 4.78 is 35.5. The van der Waals surface area contributed by atoms with E-state index in [1.54, 1.807) is 6.07 Å². The predicted molar refractivity (Wildman–Crippen MR) is 164 cm³/mol. The van der Waals surface area contributed by atoms with Crippen LogP contribution in [0.25, 0.3) is 32.3 Å². The van der Waals surface area contributed by atoms with Crippen molar-refractivity contribution in [2.75, 3.05) is 33.5 Å². The van der Waals surface area contributed by atoms with Gasteiger partial charge in [-0.3, -0.25) is 19.1 Å². The van der Waals surface area contributed by atoms with E-state index in [0.29, 0.717) is 5.56 Å². The molecule has 1 amide bonds. The highest BCUT2D eigenvalue weighted by Crippen LogP contribution is 2.51. The molecule has 230 valence electrons. The van der Waals surface area contributed by atoms with Crippen molar-refractivity contribution in [3.05, 3.63) is 92.8 Å². The summed E-state index contributed by atoms with van der Waals surface area (Å²) in [6.07, 6.45) is -1.95. The fourth-order valence-corrected chi connectivity index (χ4v) is 7.11. The third-order valence-corrected chi connectivity index (χ3v) is 8.85. The zero-order valence-electron chi connectivity index (χ0n) is 24.2. The minimum absolute atomic E-state index is 0.0107. The second-order valence-corrected chi connectivity index (χ2v) is 13.0. The Hall–Kier alpha value is -4.34. The van der Waals surface area contributed by atoms with Gasteiger partial charge in [-0.05, 0) is 38.4 Å². The molecule has 2 bridgehead atoms. The molecule has 2 N–H and O–H groups in total. The van der Waals surface area contributed by atoms with Crippen LogP contribution in [0, 0.1) is 11.8 Å². The zero-order valence-corrected chi connectivity index (χ0v) is 25.1. The van der Waals surface area contributed by atoms with E-state index in [4.69, 9.17) is 18.7 Å². The first-order valence-electron chi connectivity index (χ1n) is 14.1. The Morgan fingerprint density at radius 2 is 1.84 bits per heavy atom. The van der Waals surface area contributed by atoms with Crippen molar-refractivity contribution in [2.45, 2.75) is 24.0 Å². The summed E-state index contributed by atoms with van der Waals surface area (Å²) in [4.78, 5) is 52.8. The Morgan fingerprint density at radius 1 is 1.13 bits per heavy atom. The van der Waals surface area contributed by atoms with Gasteiger partial charge in [-0.1, -0.05) is 60.4 Å². The number of carbonyl (C=O) groups excluding carboxylic acids is 1. The van der Waals surface area contributed by atoms with Crippen LogP contribution < -0.4 is 21.5 Å². The number of carbonyl (C=O) groups is 1. The minimum Gasteiger partial charge on any atom is -0.779 e. The minimum atomic E-state index is -4.21. The molecule has 5 atom stereocenters. The Kier molecular flexibility index (Phi) is 7.13. The molecule has 0 saturated carbocycles. The summed E-state index contributed by atoms with van der Waals surface area (Å²) in [5.41, 5.74) is -2.39. The lowest BCUT2D eigenvalue weighted by Gasteiger charge is -2.32. The molecule has 4 aromatic carbocycles. The summed E-state index contributed by atoms with van der Waals surface area (Å²) in [5, 5.41) is 8.95. The average Bonchev–Trinajstić information content (AvgIpc) is 3.48. The first-order valence-corrected chi connectivity index (χ1v) is 16.1. The van der Waals surface area contributed by atoms with Gasteiger partial charge in [0.15, 0.2) is 6.23 Å². The molecule has 2 saturated heterocycles. The summed E-state index contributed by atoms with van der Waals surface area (Å²) in [7, 11) is -2.79. The molecule has 2 aliphatic heterocycles. The Morgan fingerprint density at radius 3 is 2.58 bits per heavy atom. The van der Waals surface area contributed by atoms with Gasteiger partial charge >= 0.3 is 5.69 Å². The molecule has 0 radical (unpaired) electrons. The number of amides is 1. The van der Waals surface area contributed by atoms with Crippen molar-refractivity contribution in [3.63, 3.8) is 0 Å². The summed E-state index contributed by atoms with van der Waals surface area (Å²) in [6, 6.07) is 17.8. The van der Waals surface area contributed by atoms with Gasteiger partial charge < -0.3 is 33.5 Å². The van der Waals surface area contributed by atoms with Crippen LogP contribution in [0.2, 0.25) is 0 Å². The molecule has 12 nitrogen and oxygen atoms in total. The van der Waals surface area contributed by atoms with Crippen molar-refractivity contribution in [2.24, 2.45) is 0 Å². The monoisotopic (exact) mass is 628 g/mol. The van der Waals surface area contributed by atoms with Crippen molar-refractivity contribution < 1.29 is 33.0 Å². The summed E-state index contributed by atoms with van der Waals surface area (Å²) in [5.74, 6) is 5.15. The van der Waals surface area contributed by atoms with Crippen LogP contribution in [0.15, 0.2) is 70.4 Å². The quantitative estimate of drug-likeness (QED) is 0.156. The van der Waals surface area contributed by atoms with E-state index in [1.165, 1.54) is 13.3 Å². The van der Waals surface area contributed by atoms with Crippen LogP contribution in [-0.2, 0) is 23.3 Å². The topological polar surface area (TPSA) is 161 Å². The maximum Gasteiger partial charge on any atom is 0.330 e. The van der Waals surface area contributed by atoms with Crippen molar-refractivity contribution >= 4 is 45.8 Å². The fourth-order valence-electron chi connectivity index (χ4n) is 6.38. The summed E-state index contributed by atoms with van der Waals surface area (Å²) >= 11 is 0. The Labute approximate surface area is 255 Å². The van der Waals surface area contributed by atoms with Crippen LogP contribution in [-0.4, -0.2) is 66.8 Å². The van der Waals surface area contributed by atoms with Crippen LogP contribution in [0.3, 0.4) is 0 Å². The van der Waals surface area contributed by atoms with Gasteiger partial charge in [0, 0.05) is 25.5 Å². The maximum absolute atomic E-state index is 13.2. The van der Waals surface area contributed by atoms with Gasteiger partial charge in [0.1, 0.15) is 31.0 Å². The number of nitrogens with one attached hydrogen (secondary N) is 2. The van der Waals surface area contributed by atoms with E-state index in [2.05, 4.69) is 28.2 Å². The van der Waals surface area contributed by atoms with Crippen LogP contribution in [0.1, 0.15) is 22.1 Å². The molecule has 2 unspecified atom stereocenters. The third-order valence-electron chi connectivity index (χ3n) is 8.24. The van der Waals surface area contributed by atoms with Crippen molar-refractivity contribution in [3.8, 4) is 11.8 Å². The van der Waals surface area contributed by atoms with E-state index < -0.39 is 42.9 Å². The second-order valence-electron chi connectivity index (χ2n) is 11.2. The lowest BCUT2D eigenvalue weighted by molar-refractivity contribution is -0.208. The zero-order chi connectivity index (χ0) is 31.5. The maximum atomic E-state index is 13.2. The molecule has 5 aromatic rings. The third kappa shape index (κ3) is 5.04. The molecule has 0 spiro atoms. The van der Waals surface area contributed by atoms with Gasteiger partial charge in [-0.15, -0.1) is 0 Å². The van der Waals surface area contributed by atoms with Crippen LogP contribution in [0.4, 0.5) is 0 Å². The number of rotatable bonds is 7. The summed E-state index contributed by atoms with van der Waals surface area (Å²) in [6.45, 7) is 0.792. The van der Waals surface area contributed by atoms with Gasteiger partial charge in [0.2, 0.25) is 0 Å². The molecule has 1 aromatic heterocycles. The van der Waals surface area contributed by atoms with E-state index in [-0.39, 0.29) is 31.2 Å². The first-order chi connectivity index (χ1) is 21.6. The highest BCUT2D eigenvalue weighted by Gasteiger charge is 2.64. The number of hydrogen-bond donors (Lipinski definition) is 2.